The van der Waals surface area contributed by atoms with Gasteiger partial charge in [-0.25, -0.2) is 9.59 Å². The van der Waals surface area contributed by atoms with Crippen LogP contribution in [0.4, 0.5) is 0 Å². The van der Waals surface area contributed by atoms with Crippen LogP contribution in [0.3, 0.4) is 0 Å². The van der Waals surface area contributed by atoms with Crippen molar-refractivity contribution in [2.45, 2.75) is 78.6 Å². The summed E-state index contributed by atoms with van der Waals surface area (Å²) in [4.78, 5) is 23.4. The molecule has 1 aromatic carbocycles. The molecule has 0 aliphatic carbocycles. The first-order chi connectivity index (χ1) is 13.0. The van der Waals surface area contributed by atoms with E-state index in [1.54, 1.807) is 12.1 Å². The summed E-state index contributed by atoms with van der Waals surface area (Å²) in [5, 5.41) is 0. The van der Waals surface area contributed by atoms with Crippen LogP contribution in [0.15, 0.2) is 30.4 Å². The van der Waals surface area contributed by atoms with Crippen LogP contribution in [-0.2, 0) is 14.3 Å². The van der Waals surface area contributed by atoms with Crippen molar-refractivity contribution in [1.29, 1.82) is 0 Å². The minimum absolute atomic E-state index is 0.394. The molecule has 0 aliphatic rings. The zero-order valence-corrected chi connectivity index (χ0v) is 17.1. The van der Waals surface area contributed by atoms with Gasteiger partial charge in [-0.15, -0.1) is 0 Å². The smallest absolute Gasteiger partial charge is 0.336 e. The van der Waals surface area contributed by atoms with E-state index < -0.39 is 11.9 Å². The molecule has 0 spiro atoms. The maximum absolute atomic E-state index is 11.8. The predicted octanol–water partition coefficient (Wildman–Crippen LogP) is 5.84. The Balaban J connectivity index is 2.11. The average molecular weight is 375 g/mol. The van der Waals surface area contributed by atoms with E-state index in [9.17, 15) is 9.59 Å². The average Bonchev–Trinajstić information content (AvgIpc) is 2.60. The number of esters is 2. The van der Waals surface area contributed by atoms with E-state index in [2.05, 4.69) is 6.92 Å². The van der Waals surface area contributed by atoms with Crippen LogP contribution in [0, 0.1) is 13.8 Å². The number of rotatable bonds is 13. The van der Waals surface area contributed by atoms with Crippen LogP contribution in [0.1, 0.15) is 75.8 Å². The van der Waals surface area contributed by atoms with Gasteiger partial charge in [0.2, 0.25) is 0 Å². The molecule has 0 aromatic heterocycles. The molecule has 0 N–H and O–H groups in total. The van der Waals surface area contributed by atoms with Gasteiger partial charge in [-0.3, -0.25) is 0 Å². The van der Waals surface area contributed by atoms with E-state index in [1.165, 1.54) is 44.9 Å². The molecule has 0 saturated heterocycles. The molecule has 0 saturated carbocycles. The minimum atomic E-state index is -0.583. The van der Waals surface area contributed by atoms with Crippen LogP contribution in [0.2, 0.25) is 0 Å². The summed E-state index contributed by atoms with van der Waals surface area (Å²) in [5.74, 6) is -0.614. The Morgan fingerprint density at radius 1 is 0.778 bits per heavy atom. The molecular weight excluding hydrogens is 340 g/mol. The topological polar surface area (TPSA) is 52.6 Å². The van der Waals surface area contributed by atoms with Crippen LogP contribution < -0.4 is 4.74 Å². The van der Waals surface area contributed by atoms with Crippen LogP contribution in [0.5, 0.6) is 5.75 Å². The lowest BCUT2D eigenvalue weighted by atomic mass is 10.1. The minimum Gasteiger partial charge on any atom is -0.463 e. The summed E-state index contributed by atoms with van der Waals surface area (Å²) in [7, 11) is 0. The normalized spacial score (nSPS) is 10.9. The van der Waals surface area contributed by atoms with Crippen molar-refractivity contribution in [2.75, 3.05) is 6.61 Å². The Kier molecular flexibility index (Phi) is 11.9. The lowest BCUT2D eigenvalue weighted by Crippen LogP contribution is -2.07. The molecule has 0 fully saturated rings. The highest BCUT2D eigenvalue weighted by Gasteiger charge is 2.04. The van der Waals surface area contributed by atoms with Gasteiger partial charge in [0.1, 0.15) is 5.75 Å². The zero-order chi connectivity index (χ0) is 19.9. The second kappa shape index (κ2) is 14.0. The number of hydrogen-bond donors (Lipinski definition) is 0. The summed E-state index contributed by atoms with van der Waals surface area (Å²) in [5.41, 5.74) is 2.03. The summed E-state index contributed by atoms with van der Waals surface area (Å²) in [6, 6.07) is 5.55. The van der Waals surface area contributed by atoms with E-state index in [0.29, 0.717) is 12.4 Å². The Hall–Kier alpha value is -2.10. The zero-order valence-electron chi connectivity index (χ0n) is 17.1. The molecule has 0 radical (unpaired) electrons. The fourth-order valence-corrected chi connectivity index (χ4v) is 2.91. The van der Waals surface area contributed by atoms with Crippen molar-refractivity contribution in [3.8, 4) is 5.75 Å². The highest BCUT2D eigenvalue weighted by molar-refractivity contribution is 5.92. The molecule has 1 rings (SSSR count). The summed E-state index contributed by atoms with van der Waals surface area (Å²) in [6.07, 6.45) is 13.2. The molecule has 0 aliphatic heterocycles. The van der Waals surface area contributed by atoms with Gasteiger partial charge in [-0.1, -0.05) is 64.4 Å². The SMILES string of the molecule is CCCCCCCCCCCOC(=O)/C=C/C(=O)Oc1cc(C)cc(C)c1. The predicted molar refractivity (Wildman–Crippen MR) is 109 cm³/mol. The fourth-order valence-electron chi connectivity index (χ4n) is 2.91. The van der Waals surface area contributed by atoms with Gasteiger partial charge in [0, 0.05) is 12.2 Å². The number of hydrogen-bond acceptors (Lipinski definition) is 4. The first-order valence-electron chi connectivity index (χ1n) is 10.2. The monoisotopic (exact) mass is 374 g/mol. The first-order valence-corrected chi connectivity index (χ1v) is 10.2. The third-order valence-electron chi connectivity index (χ3n) is 4.26. The maximum Gasteiger partial charge on any atom is 0.336 e. The molecule has 27 heavy (non-hydrogen) atoms. The Morgan fingerprint density at radius 2 is 1.30 bits per heavy atom. The molecule has 0 unspecified atom stereocenters. The van der Waals surface area contributed by atoms with E-state index >= 15 is 0 Å². The Labute approximate surface area is 163 Å². The molecule has 1 aromatic rings. The van der Waals surface area contributed by atoms with Gasteiger partial charge < -0.3 is 9.47 Å². The van der Waals surface area contributed by atoms with Gasteiger partial charge in [-0.2, -0.15) is 0 Å². The lowest BCUT2D eigenvalue weighted by Gasteiger charge is -2.04. The van der Waals surface area contributed by atoms with Gasteiger partial charge in [-0.05, 0) is 43.5 Å². The Morgan fingerprint density at radius 3 is 1.89 bits per heavy atom. The van der Waals surface area contributed by atoms with E-state index in [-0.39, 0.29) is 0 Å². The van der Waals surface area contributed by atoms with E-state index in [0.717, 1.165) is 36.1 Å². The standard InChI is InChI=1S/C23H34O4/c1-4-5-6-7-8-9-10-11-12-15-26-22(24)13-14-23(25)27-21-17-19(2)16-20(3)18-21/h13-14,16-18H,4-12,15H2,1-3H3/b14-13+. The van der Waals surface area contributed by atoms with Gasteiger partial charge in [0.05, 0.1) is 6.61 Å². The highest BCUT2D eigenvalue weighted by atomic mass is 16.5. The van der Waals surface area contributed by atoms with E-state index in [1.807, 2.05) is 19.9 Å². The highest BCUT2D eigenvalue weighted by Crippen LogP contribution is 2.16. The van der Waals surface area contributed by atoms with Crippen molar-refractivity contribution in [1.82, 2.24) is 0 Å². The van der Waals surface area contributed by atoms with Crippen molar-refractivity contribution in [3.05, 3.63) is 41.5 Å². The largest absolute Gasteiger partial charge is 0.463 e. The van der Waals surface area contributed by atoms with Crippen molar-refractivity contribution in [2.24, 2.45) is 0 Å². The number of carbonyl (C=O) groups excluding carboxylic acids is 2. The second-order valence-electron chi connectivity index (χ2n) is 7.07. The number of carbonyl (C=O) groups is 2. The fraction of sp³-hybridized carbons (Fsp3) is 0.565. The first kappa shape index (κ1) is 22.9. The maximum atomic E-state index is 11.8. The van der Waals surface area contributed by atoms with Crippen LogP contribution in [-0.4, -0.2) is 18.5 Å². The van der Waals surface area contributed by atoms with Crippen molar-refractivity contribution in [3.63, 3.8) is 0 Å². The molecule has 4 nitrogen and oxygen atoms in total. The van der Waals surface area contributed by atoms with Gasteiger partial charge >= 0.3 is 11.9 Å². The number of aryl methyl sites for hydroxylation is 2. The number of benzene rings is 1. The third-order valence-corrected chi connectivity index (χ3v) is 4.26. The second-order valence-corrected chi connectivity index (χ2v) is 7.07. The quantitative estimate of drug-likeness (QED) is 0.188. The van der Waals surface area contributed by atoms with Gasteiger partial charge in [0.25, 0.3) is 0 Å². The molecule has 0 heterocycles. The third kappa shape index (κ3) is 12.0. The van der Waals surface area contributed by atoms with Crippen LogP contribution >= 0.6 is 0 Å². The van der Waals surface area contributed by atoms with Crippen molar-refractivity contribution >= 4 is 11.9 Å². The molecule has 0 atom stereocenters. The number of ether oxygens (including phenoxy) is 2. The molecule has 0 bridgehead atoms. The van der Waals surface area contributed by atoms with Gasteiger partial charge in [0.15, 0.2) is 0 Å². The summed E-state index contributed by atoms with van der Waals surface area (Å²) >= 11 is 0. The number of unbranched alkanes of at least 4 members (excludes halogenated alkanes) is 8. The lowest BCUT2D eigenvalue weighted by molar-refractivity contribution is -0.138. The van der Waals surface area contributed by atoms with Crippen LogP contribution in [0.25, 0.3) is 0 Å². The molecule has 4 heteroatoms. The molecule has 150 valence electrons. The van der Waals surface area contributed by atoms with E-state index in [4.69, 9.17) is 9.47 Å². The summed E-state index contributed by atoms with van der Waals surface area (Å²) < 4.78 is 10.3. The Bertz CT molecular complexity index is 584. The molecule has 0 amide bonds. The van der Waals surface area contributed by atoms with Crippen molar-refractivity contribution < 1.29 is 19.1 Å². The molecular formula is C23H34O4. The summed E-state index contributed by atoms with van der Waals surface area (Å²) in [6.45, 7) is 6.49.